The first-order valence-electron chi connectivity index (χ1n) is 6.78. The van der Waals surface area contributed by atoms with Gasteiger partial charge in [0.2, 0.25) is 0 Å². The Morgan fingerprint density at radius 1 is 1.28 bits per heavy atom. The van der Waals surface area contributed by atoms with Crippen molar-refractivity contribution in [2.45, 2.75) is 25.2 Å². The third-order valence-corrected chi connectivity index (χ3v) is 4.51. The first-order chi connectivity index (χ1) is 8.77. The van der Waals surface area contributed by atoms with E-state index in [-0.39, 0.29) is 11.8 Å². The molecule has 0 amide bonds. The van der Waals surface area contributed by atoms with Crippen molar-refractivity contribution in [1.29, 1.82) is 0 Å². The molecule has 3 heteroatoms. The van der Waals surface area contributed by atoms with Crippen LogP contribution in [-0.2, 0) is 11.2 Å². The molecule has 18 heavy (non-hydrogen) atoms. The standard InChI is InChI=1S/C15H19NO2/c17-15(18)14-9-16-8-13(14)12-7-3-5-10-4-1-2-6-11(10)12/h1-2,4,6,12-14,16H,3,5,7-9H2,(H,17,18). The Labute approximate surface area is 107 Å². The van der Waals surface area contributed by atoms with Crippen LogP contribution in [0.1, 0.15) is 29.9 Å². The maximum atomic E-state index is 11.3. The van der Waals surface area contributed by atoms with Crippen molar-refractivity contribution >= 4 is 5.97 Å². The fraction of sp³-hybridized carbons (Fsp3) is 0.533. The highest BCUT2D eigenvalue weighted by Crippen LogP contribution is 2.41. The first-order valence-corrected chi connectivity index (χ1v) is 6.78. The minimum Gasteiger partial charge on any atom is -0.481 e. The van der Waals surface area contributed by atoms with Gasteiger partial charge in [0.15, 0.2) is 0 Å². The van der Waals surface area contributed by atoms with Gasteiger partial charge >= 0.3 is 5.97 Å². The number of aliphatic carboxylic acids is 1. The molecule has 0 aromatic heterocycles. The SMILES string of the molecule is O=C(O)C1CNCC1C1CCCc2ccccc21. The number of carbonyl (C=O) groups is 1. The number of benzene rings is 1. The molecule has 1 aromatic carbocycles. The van der Waals surface area contributed by atoms with Gasteiger partial charge in [0.1, 0.15) is 0 Å². The van der Waals surface area contributed by atoms with Gasteiger partial charge in [0.05, 0.1) is 5.92 Å². The van der Waals surface area contributed by atoms with E-state index < -0.39 is 5.97 Å². The average Bonchev–Trinajstić information content (AvgIpc) is 2.87. The highest BCUT2D eigenvalue weighted by molar-refractivity contribution is 5.71. The molecular formula is C15H19NO2. The Morgan fingerprint density at radius 3 is 2.94 bits per heavy atom. The maximum Gasteiger partial charge on any atom is 0.308 e. The number of nitrogens with one attached hydrogen (secondary N) is 1. The van der Waals surface area contributed by atoms with Crippen LogP contribution < -0.4 is 5.32 Å². The molecular weight excluding hydrogens is 226 g/mol. The normalized spacial score (nSPS) is 31.0. The molecule has 3 atom stereocenters. The third-order valence-electron chi connectivity index (χ3n) is 4.51. The van der Waals surface area contributed by atoms with Gasteiger partial charge in [-0.3, -0.25) is 4.79 Å². The van der Waals surface area contributed by atoms with Gasteiger partial charge < -0.3 is 10.4 Å². The summed E-state index contributed by atoms with van der Waals surface area (Å²) in [4.78, 5) is 11.3. The minimum atomic E-state index is -0.645. The van der Waals surface area contributed by atoms with Crippen molar-refractivity contribution in [2.24, 2.45) is 11.8 Å². The van der Waals surface area contributed by atoms with Gasteiger partial charge in [0.25, 0.3) is 0 Å². The number of aryl methyl sites for hydroxylation is 1. The van der Waals surface area contributed by atoms with Crippen LogP contribution in [-0.4, -0.2) is 24.2 Å². The van der Waals surface area contributed by atoms with Gasteiger partial charge in [-0.2, -0.15) is 0 Å². The van der Waals surface area contributed by atoms with Crippen LogP contribution in [0.5, 0.6) is 0 Å². The predicted octanol–water partition coefficient (Wildman–Crippen LogP) is 2.03. The van der Waals surface area contributed by atoms with E-state index in [1.165, 1.54) is 17.5 Å². The maximum absolute atomic E-state index is 11.3. The Morgan fingerprint density at radius 2 is 2.11 bits per heavy atom. The van der Waals surface area contributed by atoms with Crippen molar-refractivity contribution in [3.05, 3.63) is 35.4 Å². The second kappa shape index (κ2) is 4.73. The molecule has 0 bridgehead atoms. The molecule has 1 aliphatic heterocycles. The summed E-state index contributed by atoms with van der Waals surface area (Å²) in [5.74, 6) is -0.191. The lowest BCUT2D eigenvalue weighted by Gasteiger charge is -2.31. The Hall–Kier alpha value is -1.35. The Balaban J connectivity index is 1.91. The molecule has 1 heterocycles. The van der Waals surface area contributed by atoms with Crippen LogP contribution in [0.25, 0.3) is 0 Å². The van der Waals surface area contributed by atoms with Gasteiger partial charge in [-0.15, -0.1) is 0 Å². The smallest absolute Gasteiger partial charge is 0.308 e. The zero-order valence-electron chi connectivity index (χ0n) is 10.4. The summed E-state index contributed by atoms with van der Waals surface area (Å²) in [6, 6.07) is 8.55. The zero-order chi connectivity index (χ0) is 12.5. The predicted molar refractivity (Wildman–Crippen MR) is 69.6 cm³/mol. The molecule has 3 rings (SSSR count). The summed E-state index contributed by atoms with van der Waals surface area (Å²) in [6.07, 6.45) is 3.46. The highest BCUT2D eigenvalue weighted by atomic mass is 16.4. The summed E-state index contributed by atoms with van der Waals surface area (Å²) in [5, 5.41) is 12.6. The monoisotopic (exact) mass is 245 g/mol. The van der Waals surface area contributed by atoms with Crippen molar-refractivity contribution in [3.8, 4) is 0 Å². The molecule has 3 unspecified atom stereocenters. The van der Waals surface area contributed by atoms with Crippen LogP contribution in [0.4, 0.5) is 0 Å². The molecule has 1 fully saturated rings. The summed E-state index contributed by atoms with van der Waals surface area (Å²) in [7, 11) is 0. The quantitative estimate of drug-likeness (QED) is 0.838. The van der Waals surface area contributed by atoms with E-state index in [4.69, 9.17) is 0 Å². The highest BCUT2D eigenvalue weighted by Gasteiger charge is 2.39. The number of carboxylic acid groups (broad SMARTS) is 1. The van der Waals surface area contributed by atoms with Crippen LogP contribution >= 0.6 is 0 Å². The summed E-state index contributed by atoms with van der Waals surface area (Å²) in [5.41, 5.74) is 2.81. The van der Waals surface area contributed by atoms with Crippen LogP contribution in [0.2, 0.25) is 0 Å². The second-order valence-corrected chi connectivity index (χ2v) is 5.46. The van der Waals surface area contributed by atoms with Crippen molar-refractivity contribution < 1.29 is 9.90 Å². The van der Waals surface area contributed by atoms with Crippen molar-refractivity contribution in [1.82, 2.24) is 5.32 Å². The molecule has 0 spiro atoms. The second-order valence-electron chi connectivity index (χ2n) is 5.46. The van der Waals surface area contributed by atoms with Gasteiger partial charge in [-0.05, 0) is 48.8 Å². The first kappa shape index (κ1) is 11.7. The molecule has 96 valence electrons. The fourth-order valence-electron chi connectivity index (χ4n) is 3.63. The van der Waals surface area contributed by atoms with Gasteiger partial charge in [-0.1, -0.05) is 24.3 Å². The Bertz CT molecular complexity index is 458. The molecule has 2 aliphatic rings. The van der Waals surface area contributed by atoms with E-state index >= 15 is 0 Å². The molecule has 0 saturated carbocycles. The van der Waals surface area contributed by atoms with E-state index in [1.807, 2.05) is 0 Å². The topological polar surface area (TPSA) is 49.3 Å². The van der Waals surface area contributed by atoms with Crippen LogP contribution in [0.3, 0.4) is 0 Å². The number of fused-ring (bicyclic) bond motifs is 1. The largest absolute Gasteiger partial charge is 0.481 e. The number of rotatable bonds is 2. The summed E-state index contributed by atoms with van der Waals surface area (Å²) < 4.78 is 0. The molecule has 1 saturated heterocycles. The van der Waals surface area contributed by atoms with E-state index in [0.717, 1.165) is 19.4 Å². The van der Waals surface area contributed by atoms with Crippen molar-refractivity contribution in [2.75, 3.05) is 13.1 Å². The van der Waals surface area contributed by atoms with Gasteiger partial charge in [0, 0.05) is 6.54 Å². The summed E-state index contributed by atoms with van der Waals surface area (Å²) >= 11 is 0. The molecule has 1 aromatic rings. The van der Waals surface area contributed by atoms with Gasteiger partial charge in [-0.25, -0.2) is 0 Å². The van der Waals surface area contributed by atoms with E-state index in [9.17, 15) is 9.90 Å². The Kier molecular flexibility index (Phi) is 3.08. The summed E-state index contributed by atoms with van der Waals surface area (Å²) in [6.45, 7) is 1.47. The van der Waals surface area contributed by atoms with Crippen LogP contribution in [0.15, 0.2) is 24.3 Å². The average molecular weight is 245 g/mol. The lowest BCUT2D eigenvalue weighted by atomic mass is 9.72. The van der Waals surface area contributed by atoms with Crippen molar-refractivity contribution in [3.63, 3.8) is 0 Å². The van der Waals surface area contributed by atoms with Crippen LogP contribution in [0, 0.1) is 11.8 Å². The third kappa shape index (κ3) is 1.93. The minimum absolute atomic E-state index is 0.221. The molecule has 0 radical (unpaired) electrons. The van der Waals surface area contributed by atoms with E-state index in [1.54, 1.807) is 0 Å². The lowest BCUT2D eigenvalue weighted by molar-refractivity contribution is -0.142. The number of carboxylic acids is 1. The van der Waals surface area contributed by atoms with E-state index in [2.05, 4.69) is 29.6 Å². The number of hydrogen-bond donors (Lipinski definition) is 2. The number of hydrogen-bond acceptors (Lipinski definition) is 2. The molecule has 1 aliphatic carbocycles. The zero-order valence-corrected chi connectivity index (χ0v) is 10.4. The van der Waals surface area contributed by atoms with E-state index in [0.29, 0.717) is 12.5 Å². The fourth-order valence-corrected chi connectivity index (χ4v) is 3.63. The molecule has 2 N–H and O–H groups in total. The molecule has 3 nitrogen and oxygen atoms in total. The lowest BCUT2D eigenvalue weighted by Crippen LogP contribution is -2.29.